The third kappa shape index (κ3) is 1.51. The molecule has 0 aliphatic heterocycles. The second kappa shape index (κ2) is 4.27. The van der Waals surface area contributed by atoms with Crippen LogP contribution in [0, 0.1) is 0 Å². The summed E-state index contributed by atoms with van der Waals surface area (Å²) >= 11 is 0. The molecule has 0 aliphatic carbocycles. The Morgan fingerprint density at radius 1 is 0.750 bits per heavy atom. The lowest BCUT2D eigenvalue weighted by Crippen LogP contribution is -1.94. The molecule has 0 amide bonds. The fourth-order valence-electron chi connectivity index (χ4n) is 2.87. The molecule has 20 heavy (non-hydrogen) atoms. The number of rotatable bonds is 1. The van der Waals surface area contributed by atoms with Crippen LogP contribution in [0.25, 0.3) is 32.4 Å². The van der Waals surface area contributed by atoms with Crippen LogP contribution in [-0.2, 0) is 6.42 Å². The molecule has 2 heteroatoms. The van der Waals surface area contributed by atoms with Crippen LogP contribution in [0.2, 0.25) is 0 Å². The van der Waals surface area contributed by atoms with Crippen molar-refractivity contribution in [1.29, 1.82) is 0 Å². The molecule has 0 aliphatic rings. The van der Waals surface area contributed by atoms with Gasteiger partial charge in [-0.25, -0.2) is 9.97 Å². The van der Waals surface area contributed by atoms with Crippen LogP contribution in [0.4, 0.5) is 0 Å². The van der Waals surface area contributed by atoms with Crippen LogP contribution < -0.4 is 0 Å². The van der Waals surface area contributed by atoms with Gasteiger partial charge in [-0.05, 0) is 16.2 Å². The van der Waals surface area contributed by atoms with Crippen molar-refractivity contribution in [3.8, 4) is 0 Å². The topological polar surface area (TPSA) is 25.8 Å². The summed E-state index contributed by atoms with van der Waals surface area (Å²) in [5, 5.41) is 6.10. The maximum Gasteiger partial charge on any atom is 0.128 e. The average Bonchev–Trinajstić information content (AvgIpc) is 2.54. The van der Waals surface area contributed by atoms with E-state index in [1.54, 1.807) is 0 Å². The van der Waals surface area contributed by atoms with Gasteiger partial charge in [0.05, 0.1) is 5.52 Å². The third-order valence-electron chi connectivity index (χ3n) is 3.84. The molecule has 0 radical (unpaired) electrons. The Hall–Kier alpha value is -2.48. The summed E-state index contributed by atoms with van der Waals surface area (Å²) in [5.41, 5.74) is 1.06. The first-order valence-electron chi connectivity index (χ1n) is 6.93. The predicted octanol–water partition coefficient (Wildman–Crippen LogP) is 4.50. The molecule has 96 valence electrons. The number of fused-ring (bicyclic) bond motifs is 6. The first kappa shape index (κ1) is 11.4. The maximum atomic E-state index is 4.76. The zero-order valence-corrected chi connectivity index (χ0v) is 11.3. The van der Waals surface area contributed by atoms with E-state index in [4.69, 9.17) is 4.98 Å². The van der Waals surface area contributed by atoms with E-state index in [1.165, 1.54) is 21.5 Å². The van der Waals surface area contributed by atoms with Crippen molar-refractivity contribution >= 4 is 32.4 Å². The number of benzene rings is 3. The van der Waals surface area contributed by atoms with Gasteiger partial charge < -0.3 is 0 Å². The minimum Gasteiger partial charge on any atom is -0.241 e. The molecule has 0 spiro atoms. The van der Waals surface area contributed by atoms with Crippen molar-refractivity contribution in [3.05, 3.63) is 60.6 Å². The van der Waals surface area contributed by atoms with E-state index in [-0.39, 0.29) is 0 Å². The van der Waals surface area contributed by atoms with Crippen LogP contribution in [0.1, 0.15) is 12.7 Å². The molecule has 1 heterocycles. The fourth-order valence-corrected chi connectivity index (χ4v) is 2.87. The Morgan fingerprint density at radius 3 is 1.95 bits per heavy atom. The summed E-state index contributed by atoms with van der Waals surface area (Å²) in [6.45, 7) is 2.09. The standard InChI is InChI=1S/C18H14N2/c1-2-17-19-11-16-14-9-4-3-7-12(14)13-8-5-6-10-15(13)18(16)20-17/h3-11H,2H2,1H3. The van der Waals surface area contributed by atoms with Gasteiger partial charge in [0.25, 0.3) is 0 Å². The molecule has 0 N–H and O–H groups in total. The SMILES string of the molecule is CCc1ncc2c3ccccc3c3ccccc3c2n1. The van der Waals surface area contributed by atoms with Gasteiger partial charge in [-0.1, -0.05) is 55.5 Å². The lowest BCUT2D eigenvalue weighted by atomic mass is 9.98. The number of aromatic nitrogens is 2. The molecular weight excluding hydrogens is 244 g/mol. The van der Waals surface area contributed by atoms with Gasteiger partial charge in [-0.2, -0.15) is 0 Å². The van der Waals surface area contributed by atoms with Gasteiger partial charge in [0.15, 0.2) is 0 Å². The zero-order chi connectivity index (χ0) is 13.5. The van der Waals surface area contributed by atoms with E-state index in [1.807, 2.05) is 6.20 Å². The third-order valence-corrected chi connectivity index (χ3v) is 3.84. The highest BCUT2D eigenvalue weighted by atomic mass is 14.9. The molecule has 4 aromatic rings. The second-order valence-corrected chi connectivity index (χ2v) is 4.99. The quantitative estimate of drug-likeness (QED) is 0.470. The first-order valence-corrected chi connectivity index (χ1v) is 6.93. The average molecular weight is 258 g/mol. The Morgan fingerprint density at radius 2 is 1.30 bits per heavy atom. The molecule has 3 aromatic carbocycles. The molecule has 0 bridgehead atoms. The summed E-state index contributed by atoms with van der Waals surface area (Å²) in [4.78, 5) is 9.23. The molecular formula is C18H14N2. The van der Waals surface area contributed by atoms with Gasteiger partial charge >= 0.3 is 0 Å². The van der Waals surface area contributed by atoms with Gasteiger partial charge in [-0.3, -0.25) is 0 Å². The maximum absolute atomic E-state index is 4.76. The van der Waals surface area contributed by atoms with Gasteiger partial charge in [0, 0.05) is 23.4 Å². The molecule has 0 fully saturated rings. The Labute approximate surface area is 117 Å². The summed E-state index contributed by atoms with van der Waals surface area (Å²) < 4.78 is 0. The van der Waals surface area contributed by atoms with Gasteiger partial charge in [0.1, 0.15) is 5.82 Å². The van der Waals surface area contributed by atoms with Crippen LogP contribution in [-0.4, -0.2) is 9.97 Å². The van der Waals surface area contributed by atoms with E-state index in [0.717, 1.165) is 23.1 Å². The predicted molar refractivity (Wildman–Crippen MR) is 83.9 cm³/mol. The van der Waals surface area contributed by atoms with E-state index >= 15 is 0 Å². The number of hydrogen-bond acceptors (Lipinski definition) is 2. The Kier molecular flexibility index (Phi) is 2.43. The number of nitrogens with zero attached hydrogens (tertiary/aromatic N) is 2. The smallest absolute Gasteiger partial charge is 0.128 e. The lowest BCUT2D eigenvalue weighted by molar-refractivity contribution is 0.963. The van der Waals surface area contributed by atoms with Crippen molar-refractivity contribution in [1.82, 2.24) is 9.97 Å². The van der Waals surface area contributed by atoms with Crippen LogP contribution >= 0.6 is 0 Å². The van der Waals surface area contributed by atoms with Crippen molar-refractivity contribution in [2.75, 3.05) is 0 Å². The van der Waals surface area contributed by atoms with Crippen molar-refractivity contribution in [2.45, 2.75) is 13.3 Å². The normalized spacial score (nSPS) is 11.4. The molecule has 4 rings (SSSR count). The van der Waals surface area contributed by atoms with E-state index in [0.29, 0.717) is 0 Å². The molecule has 0 saturated heterocycles. The molecule has 0 unspecified atom stereocenters. The molecule has 2 nitrogen and oxygen atoms in total. The number of aryl methyl sites for hydroxylation is 1. The Bertz CT molecular complexity index is 906. The van der Waals surface area contributed by atoms with Crippen molar-refractivity contribution in [2.24, 2.45) is 0 Å². The lowest BCUT2D eigenvalue weighted by Gasteiger charge is -2.09. The molecule has 0 saturated carbocycles. The van der Waals surface area contributed by atoms with Crippen LogP contribution in [0.5, 0.6) is 0 Å². The van der Waals surface area contributed by atoms with Crippen molar-refractivity contribution in [3.63, 3.8) is 0 Å². The van der Waals surface area contributed by atoms with E-state index in [9.17, 15) is 0 Å². The first-order chi connectivity index (χ1) is 9.88. The van der Waals surface area contributed by atoms with Crippen LogP contribution in [0.3, 0.4) is 0 Å². The summed E-state index contributed by atoms with van der Waals surface area (Å²) in [7, 11) is 0. The highest BCUT2D eigenvalue weighted by molar-refractivity contribution is 6.23. The molecule has 0 atom stereocenters. The summed E-state index contributed by atoms with van der Waals surface area (Å²) in [6, 6.07) is 17.0. The van der Waals surface area contributed by atoms with Crippen molar-refractivity contribution < 1.29 is 0 Å². The van der Waals surface area contributed by atoms with Crippen LogP contribution in [0.15, 0.2) is 54.7 Å². The zero-order valence-electron chi connectivity index (χ0n) is 11.3. The second-order valence-electron chi connectivity index (χ2n) is 4.99. The van der Waals surface area contributed by atoms with E-state index in [2.05, 4.69) is 60.4 Å². The van der Waals surface area contributed by atoms with Gasteiger partial charge in [0.2, 0.25) is 0 Å². The number of hydrogen-bond donors (Lipinski definition) is 0. The highest BCUT2D eigenvalue weighted by Gasteiger charge is 2.09. The fraction of sp³-hybridized carbons (Fsp3) is 0.111. The van der Waals surface area contributed by atoms with Gasteiger partial charge in [-0.15, -0.1) is 0 Å². The monoisotopic (exact) mass is 258 g/mol. The minimum absolute atomic E-state index is 0.858. The largest absolute Gasteiger partial charge is 0.241 e. The summed E-state index contributed by atoms with van der Waals surface area (Å²) in [6.07, 6.45) is 2.83. The Balaban J connectivity index is 2.35. The molecule has 1 aromatic heterocycles. The summed E-state index contributed by atoms with van der Waals surface area (Å²) in [5.74, 6) is 0.901. The van der Waals surface area contributed by atoms with E-state index < -0.39 is 0 Å². The highest BCUT2D eigenvalue weighted by Crippen LogP contribution is 2.33. The minimum atomic E-state index is 0.858.